The van der Waals surface area contributed by atoms with Crippen LogP contribution in [0.5, 0.6) is 0 Å². The Bertz CT molecular complexity index is 599. The molecule has 4 amide bonds. The maximum Gasteiger partial charge on any atom is 0.321 e. The Morgan fingerprint density at radius 3 is 2.41 bits per heavy atom. The van der Waals surface area contributed by atoms with Crippen LogP contribution in [-0.2, 0) is 0 Å². The van der Waals surface area contributed by atoms with E-state index in [9.17, 15) is 9.59 Å². The molecule has 1 unspecified atom stereocenters. The Morgan fingerprint density at radius 2 is 1.67 bits per heavy atom. The van der Waals surface area contributed by atoms with Gasteiger partial charge in [-0.05, 0) is 37.3 Å². The fourth-order valence-corrected chi connectivity index (χ4v) is 3.98. The maximum absolute atomic E-state index is 12.3. The molecule has 0 bridgehead atoms. The van der Waals surface area contributed by atoms with Crippen LogP contribution in [0.1, 0.15) is 51.4 Å². The van der Waals surface area contributed by atoms with E-state index >= 15 is 0 Å². The molecule has 0 radical (unpaired) electrons. The lowest BCUT2D eigenvalue weighted by Gasteiger charge is -2.22. The third kappa shape index (κ3) is 6.45. The maximum atomic E-state index is 12.3. The fraction of sp³-hybridized carbons (Fsp3) is 0.619. The summed E-state index contributed by atoms with van der Waals surface area (Å²) in [5.74, 6) is 0.314. The number of para-hydroxylation sites is 1. The van der Waals surface area contributed by atoms with Crippen LogP contribution in [0.4, 0.5) is 15.3 Å². The minimum atomic E-state index is -0.0670. The van der Waals surface area contributed by atoms with Gasteiger partial charge in [0.1, 0.15) is 0 Å². The van der Waals surface area contributed by atoms with Gasteiger partial charge < -0.3 is 20.9 Å². The van der Waals surface area contributed by atoms with Gasteiger partial charge in [-0.3, -0.25) is 0 Å². The smallest absolute Gasteiger partial charge is 0.321 e. The number of nitrogens with one attached hydrogen (secondary N) is 3. The number of hydrogen-bond acceptors (Lipinski definition) is 2. The monoisotopic (exact) mass is 372 g/mol. The minimum absolute atomic E-state index is 0.0623. The number of amides is 4. The molecule has 2 aliphatic rings. The number of carbonyl (C=O) groups excluding carboxylic acids is 2. The Balaban J connectivity index is 1.35. The summed E-state index contributed by atoms with van der Waals surface area (Å²) in [6.45, 7) is 2.03. The Hall–Kier alpha value is -2.24. The van der Waals surface area contributed by atoms with Crippen molar-refractivity contribution in [2.75, 3.05) is 25.0 Å². The van der Waals surface area contributed by atoms with Gasteiger partial charge in [-0.1, -0.05) is 50.3 Å². The van der Waals surface area contributed by atoms with Crippen molar-refractivity contribution in [1.29, 1.82) is 0 Å². The zero-order chi connectivity index (χ0) is 18.9. The number of benzene rings is 1. The second kappa shape index (κ2) is 10.2. The van der Waals surface area contributed by atoms with E-state index in [4.69, 9.17) is 0 Å². The van der Waals surface area contributed by atoms with Crippen LogP contribution < -0.4 is 16.0 Å². The summed E-state index contributed by atoms with van der Waals surface area (Å²) in [6, 6.07) is 9.67. The SMILES string of the molecule is O=C(NCC1CCN(C(=O)Nc2ccccc2)C1)NC1CCCCCCC1. The zero-order valence-corrected chi connectivity index (χ0v) is 16.1. The first kappa shape index (κ1) is 19.5. The van der Waals surface area contributed by atoms with Crippen molar-refractivity contribution in [2.24, 2.45) is 5.92 Å². The lowest BCUT2D eigenvalue weighted by molar-refractivity contribution is 0.220. The number of urea groups is 2. The molecule has 1 aliphatic carbocycles. The summed E-state index contributed by atoms with van der Waals surface area (Å²) in [4.78, 5) is 26.4. The number of rotatable bonds is 4. The molecule has 3 rings (SSSR count). The normalized spacial score (nSPS) is 21.2. The van der Waals surface area contributed by atoms with Crippen molar-refractivity contribution < 1.29 is 9.59 Å². The molecule has 6 heteroatoms. The predicted octanol–water partition coefficient (Wildman–Crippen LogP) is 3.95. The third-order valence-corrected chi connectivity index (χ3v) is 5.59. The van der Waals surface area contributed by atoms with Crippen LogP contribution in [0.2, 0.25) is 0 Å². The molecule has 6 nitrogen and oxygen atoms in total. The largest absolute Gasteiger partial charge is 0.338 e. The Labute approximate surface area is 162 Å². The van der Waals surface area contributed by atoms with E-state index in [0.29, 0.717) is 25.0 Å². The highest BCUT2D eigenvalue weighted by Gasteiger charge is 2.26. The average molecular weight is 373 g/mol. The Kier molecular flexibility index (Phi) is 7.36. The van der Waals surface area contributed by atoms with E-state index in [1.54, 1.807) is 0 Å². The van der Waals surface area contributed by atoms with Gasteiger partial charge in [0.05, 0.1) is 0 Å². The number of carbonyl (C=O) groups is 2. The number of hydrogen-bond donors (Lipinski definition) is 3. The first-order valence-corrected chi connectivity index (χ1v) is 10.4. The first-order chi connectivity index (χ1) is 13.2. The molecular weight excluding hydrogens is 340 g/mol. The first-order valence-electron chi connectivity index (χ1n) is 10.4. The summed E-state index contributed by atoms with van der Waals surface area (Å²) in [5.41, 5.74) is 0.808. The van der Waals surface area contributed by atoms with Crippen molar-refractivity contribution >= 4 is 17.7 Å². The van der Waals surface area contributed by atoms with Gasteiger partial charge in [0.15, 0.2) is 0 Å². The van der Waals surface area contributed by atoms with E-state index < -0.39 is 0 Å². The molecule has 1 saturated heterocycles. The molecule has 0 spiro atoms. The van der Waals surface area contributed by atoms with Gasteiger partial charge in [-0.15, -0.1) is 0 Å². The summed E-state index contributed by atoms with van der Waals surface area (Å²) in [6.07, 6.45) is 9.40. The van der Waals surface area contributed by atoms with E-state index in [1.807, 2.05) is 35.2 Å². The van der Waals surface area contributed by atoms with Crippen LogP contribution in [0.3, 0.4) is 0 Å². The number of anilines is 1. The molecule has 2 fully saturated rings. The Morgan fingerprint density at radius 1 is 0.963 bits per heavy atom. The van der Waals surface area contributed by atoms with E-state index in [1.165, 1.54) is 32.1 Å². The topological polar surface area (TPSA) is 73.5 Å². The minimum Gasteiger partial charge on any atom is -0.338 e. The van der Waals surface area contributed by atoms with Crippen LogP contribution >= 0.6 is 0 Å². The van der Waals surface area contributed by atoms with Gasteiger partial charge in [0.25, 0.3) is 0 Å². The summed E-state index contributed by atoms with van der Waals surface area (Å²) in [5, 5.41) is 9.06. The molecule has 148 valence electrons. The highest BCUT2D eigenvalue weighted by atomic mass is 16.2. The molecular formula is C21H32N4O2. The summed E-state index contributed by atoms with van der Waals surface area (Å²) >= 11 is 0. The molecule has 0 aromatic heterocycles. The van der Waals surface area contributed by atoms with Crippen LogP contribution in [-0.4, -0.2) is 42.6 Å². The quantitative estimate of drug-likeness (QED) is 0.749. The van der Waals surface area contributed by atoms with Gasteiger partial charge in [0, 0.05) is 31.4 Å². The highest BCUT2D eigenvalue weighted by molar-refractivity contribution is 5.89. The standard InChI is InChI=1S/C21H32N4O2/c26-20(23-18-9-5-2-1-3-6-10-18)22-15-17-13-14-25(16-17)21(27)24-19-11-7-4-8-12-19/h4,7-8,11-12,17-18H,1-3,5-6,9-10,13-16H2,(H,24,27)(H2,22,23,26). The fourth-order valence-electron chi connectivity index (χ4n) is 3.98. The van der Waals surface area contributed by atoms with Crippen LogP contribution in [0.15, 0.2) is 30.3 Å². The van der Waals surface area contributed by atoms with Crippen molar-refractivity contribution in [2.45, 2.75) is 57.4 Å². The zero-order valence-electron chi connectivity index (χ0n) is 16.1. The van der Waals surface area contributed by atoms with E-state index in [2.05, 4.69) is 16.0 Å². The lowest BCUT2D eigenvalue weighted by atomic mass is 9.97. The molecule has 27 heavy (non-hydrogen) atoms. The van der Waals surface area contributed by atoms with Gasteiger partial charge in [-0.25, -0.2) is 9.59 Å². The molecule has 3 N–H and O–H groups in total. The predicted molar refractivity (Wildman–Crippen MR) is 108 cm³/mol. The van der Waals surface area contributed by atoms with Crippen LogP contribution in [0, 0.1) is 5.92 Å². The van der Waals surface area contributed by atoms with E-state index in [0.717, 1.165) is 31.5 Å². The van der Waals surface area contributed by atoms with Crippen molar-refractivity contribution in [3.63, 3.8) is 0 Å². The third-order valence-electron chi connectivity index (χ3n) is 5.59. The molecule has 1 atom stereocenters. The second-order valence-corrected chi connectivity index (χ2v) is 7.79. The van der Waals surface area contributed by atoms with Gasteiger partial charge in [0.2, 0.25) is 0 Å². The molecule has 1 aromatic carbocycles. The van der Waals surface area contributed by atoms with Crippen molar-refractivity contribution in [3.05, 3.63) is 30.3 Å². The van der Waals surface area contributed by atoms with E-state index in [-0.39, 0.29) is 12.1 Å². The molecule has 1 saturated carbocycles. The highest BCUT2D eigenvalue weighted by Crippen LogP contribution is 2.18. The molecule has 1 heterocycles. The van der Waals surface area contributed by atoms with Crippen LogP contribution in [0.25, 0.3) is 0 Å². The van der Waals surface area contributed by atoms with Gasteiger partial charge in [-0.2, -0.15) is 0 Å². The second-order valence-electron chi connectivity index (χ2n) is 7.79. The van der Waals surface area contributed by atoms with Gasteiger partial charge >= 0.3 is 12.1 Å². The number of nitrogens with zero attached hydrogens (tertiary/aromatic N) is 1. The van der Waals surface area contributed by atoms with Crippen molar-refractivity contribution in [1.82, 2.24) is 15.5 Å². The number of likely N-dealkylation sites (tertiary alicyclic amines) is 1. The molecule has 1 aliphatic heterocycles. The molecule has 1 aromatic rings. The average Bonchev–Trinajstić information content (AvgIpc) is 3.12. The van der Waals surface area contributed by atoms with Crippen molar-refractivity contribution in [3.8, 4) is 0 Å². The lowest BCUT2D eigenvalue weighted by Crippen LogP contribution is -2.44. The summed E-state index contributed by atoms with van der Waals surface area (Å²) < 4.78 is 0. The summed E-state index contributed by atoms with van der Waals surface area (Å²) in [7, 11) is 0.